The Kier molecular flexibility index (Phi) is 10.6. The highest BCUT2D eigenvalue weighted by molar-refractivity contribution is 7.52. The van der Waals surface area contributed by atoms with E-state index in [9.17, 15) is 28.8 Å². The van der Waals surface area contributed by atoms with Crippen molar-refractivity contribution in [2.24, 2.45) is 5.92 Å². The Morgan fingerprint density at radius 3 is 2.49 bits per heavy atom. The van der Waals surface area contributed by atoms with Gasteiger partial charge in [0.25, 0.3) is 0 Å². The molecule has 41 heavy (non-hydrogen) atoms. The van der Waals surface area contributed by atoms with E-state index in [4.69, 9.17) is 18.5 Å². The lowest BCUT2D eigenvalue weighted by molar-refractivity contribution is -0.153. The largest absolute Gasteiger partial charge is 0.463 e. The molecule has 0 aliphatic carbocycles. The number of hydrogen-bond donors (Lipinski definition) is 2. The monoisotopic (exact) mass is 598 g/mol. The van der Waals surface area contributed by atoms with Gasteiger partial charge in [-0.25, -0.2) is 14.0 Å². The number of alkyl halides is 1. The van der Waals surface area contributed by atoms with Gasteiger partial charge >= 0.3 is 13.7 Å². The van der Waals surface area contributed by atoms with Gasteiger partial charge in [-0.05, 0) is 45.9 Å². The summed E-state index contributed by atoms with van der Waals surface area (Å²) in [6, 6.07) is 6.82. The molecule has 1 aromatic rings. The molecule has 0 aromatic heterocycles. The van der Waals surface area contributed by atoms with Crippen LogP contribution in [0, 0.1) is 5.92 Å². The third-order valence-electron chi connectivity index (χ3n) is 6.48. The number of carbonyl (C=O) groups excluding carboxylic acids is 4. The van der Waals surface area contributed by atoms with Crippen molar-refractivity contribution in [1.29, 1.82) is 0 Å². The number of carbonyl (C=O) groups is 4. The van der Waals surface area contributed by atoms with Crippen LogP contribution in [0.1, 0.15) is 47.5 Å². The van der Waals surface area contributed by atoms with Crippen LogP contribution in [0.3, 0.4) is 0 Å². The van der Waals surface area contributed by atoms with Gasteiger partial charge in [-0.1, -0.05) is 25.1 Å². The number of para-hydroxylation sites is 1. The Bertz CT molecular complexity index is 1210. The van der Waals surface area contributed by atoms with Crippen molar-refractivity contribution in [2.75, 3.05) is 6.61 Å². The molecule has 1 amide bonds. The fraction of sp³-hybridized carbons (Fsp3) is 0.556. The maximum Gasteiger partial charge on any atom is 0.459 e. The van der Waals surface area contributed by atoms with Gasteiger partial charge in [0.15, 0.2) is 23.5 Å². The Balaban J connectivity index is 1.73. The Labute approximate surface area is 237 Å². The molecule has 0 saturated carbocycles. The third-order valence-corrected chi connectivity index (χ3v) is 8.12. The summed E-state index contributed by atoms with van der Waals surface area (Å²) in [6.45, 7) is 6.70. The highest BCUT2D eigenvalue weighted by Crippen LogP contribution is 2.47. The standard InChI is InChI=1S/C27H36FN2O10P/c1-16(2)38-25(35)17(3)13-21(32)18(4)29-41(36,40-20-9-7-6-8-10-20)37-15-22-24(34)27(5,28)26(39-22)30-12-11-19(31)14-23(30)33/h6-12,16-18,22,24,26,34H,13-15H2,1-5H3,(H,29,36)/t17-,18+,22-,24-,26-,27-,41?/m1/s1. The third kappa shape index (κ3) is 8.30. The van der Waals surface area contributed by atoms with Crippen molar-refractivity contribution in [3.05, 3.63) is 42.6 Å². The van der Waals surface area contributed by atoms with E-state index in [0.29, 0.717) is 0 Å². The SMILES string of the molecule is CC(C)OC(=O)[C@H](C)CC(=O)[C@H](C)NP(=O)(OC[C@H]1O[C@@H](N2C=CC(=O)CC2=O)[C@](C)(F)[C@@H]1O)Oc1ccccc1. The average Bonchev–Trinajstić information content (AvgIpc) is 3.11. The van der Waals surface area contributed by atoms with E-state index in [1.807, 2.05) is 0 Å². The molecule has 2 heterocycles. The number of hydrogen-bond acceptors (Lipinski definition) is 10. The number of nitrogens with zero attached hydrogens (tertiary/aromatic N) is 1. The number of aliphatic hydroxyl groups is 1. The molecule has 0 bridgehead atoms. The second kappa shape index (κ2) is 13.3. The first kappa shape index (κ1) is 32.6. The molecule has 1 aromatic carbocycles. The van der Waals surface area contributed by atoms with Crippen LogP contribution in [-0.4, -0.2) is 76.3 Å². The number of benzene rings is 1. The van der Waals surface area contributed by atoms with E-state index in [1.165, 1.54) is 26.0 Å². The van der Waals surface area contributed by atoms with Crippen molar-refractivity contribution in [1.82, 2.24) is 9.99 Å². The number of ketones is 2. The molecule has 1 saturated heterocycles. The van der Waals surface area contributed by atoms with Gasteiger partial charge in [-0.2, -0.15) is 0 Å². The molecule has 2 aliphatic rings. The molecule has 226 valence electrons. The van der Waals surface area contributed by atoms with Gasteiger partial charge in [-0.15, -0.1) is 0 Å². The Morgan fingerprint density at radius 2 is 1.88 bits per heavy atom. The summed E-state index contributed by atoms with van der Waals surface area (Å²) in [6.07, 6.45) is -3.66. The fourth-order valence-corrected chi connectivity index (χ4v) is 5.75. The lowest BCUT2D eigenvalue weighted by Gasteiger charge is -2.32. The topological polar surface area (TPSA) is 158 Å². The zero-order valence-corrected chi connectivity index (χ0v) is 24.4. The number of aliphatic hydroxyl groups excluding tert-OH is 1. The second-order valence-electron chi connectivity index (χ2n) is 10.5. The van der Waals surface area contributed by atoms with Crippen LogP contribution in [0.4, 0.5) is 4.39 Å². The smallest absolute Gasteiger partial charge is 0.459 e. The molecule has 12 nitrogen and oxygen atoms in total. The Morgan fingerprint density at radius 1 is 1.22 bits per heavy atom. The Hall–Kier alpha value is -2.96. The van der Waals surface area contributed by atoms with E-state index >= 15 is 4.39 Å². The van der Waals surface area contributed by atoms with Crippen LogP contribution < -0.4 is 9.61 Å². The summed E-state index contributed by atoms with van der Waals surface area (Å²) < 4.78 is 51.3. The maximum absolute atomic E-state index is 15.6. The molecule has 14 heteroatoms. The molecule has 3 rings (SSSR count). The van der Waals surface area contributed by atoms with Crippen molar-refractivity contribution in [3.8, 4) is 5.75 Å². The van der Waals surface area contributed by atoms with Gasteiger partial charge in [0.2, 0.25) is 5.91 Å². The van der Waals surface area contributed by atoms with Crippen molar-refractivity contribution in [2.45, 2.75) is 83.7 Å². The van der Waals surface area contributed by atoms with Gasteiger partial charge < -0.3 is 19.1 Å². The predicted octanol–water partition coefficient (Wildman–Crippen LogP) is 2.84. The van der Waals surface area contributed by atoms with E-state index < -0.39 is 80.3 Å². The van der Waals surface area contributed by atoms with Crippen LogP contribution in [0.5, 0.6) is 5.75 Å². The summed E-state index contributed by atoms with van der Waals surface area (Å²) in [5, 5.41) is 13.2. The van der Waals surface area contributed by atoms with Crippen LogP contribution >= 0.6 is 7.75 Å². The summed E-state index contributed by atoms with van der Waals surface area (Å²) in [4.78, 5) is 49.7. The summed E-state index contributed by atoms with van der Waals surface area (Å²) >= 11 is 0. The first-order chi connectivity index (χ1) is 19.1. The number of halogens is 1. The second-order valence-corrected chi connectivity index (χ2v) is 12.2. The number of rotatable bonds is 13. The minimum atomic E-state index is -4.37. The van der Waals surface area contributed by atoms with E-state index in [-0.39, 0.29) is 18.3 Å². The number of nitrogens with one attached hydrogen (secondary N) is 1. The highest BCUT2D eigenvalue weighted by Gasteiger charge is 2.57. The highest BCUT2D eigenvalue weighted by atomic mass is 31.2. The number of esters is 1. The number of ether oxygens (including phenoxy) is 2. The predicted molar refractivity (Wildman–Crippen MR) is 143 cm³/mol. The van der Waals surface area contributed by atoms with Crippen LogP contribution in [0.15, 0.2) is 42.6 Å². The summed E-state index contributed by atoms with van der Waals surface area (Å²) in [5.74, 6) is -2.82. The first-order valence-electron chi connectivity index (χ1n) is 13.2. The molecule has 2 aliphatic heterocycles. The van der Waals surface area contributed by atoms with E-state index in [0.717, 1.165) is 24.1 Å². The lowest BCUT2D eigenvalue weighted by atomic mass is 9.97. The van der Waals surface area contributed by atoms with Gasteiger partial charge in [0.05, 0.1) is 31.1 Å². The van der Waals surface area contributed by atoms with Crippen LogP contribution in [-0.2, 0) is 37.7 Å². The lowest BCUT2D eigenvalue weighted by Crippen LogP contribution is -2.51. The van der Waals surface area contributed by atoms with Crippen molar-refractivity contribution < 1.29 is 51.8 Å². The van der Waals surface area contributed by atoms with Gasteiger partial charge in [0.1, 0.15) is 18.0 Å². The van der Waals surface area contributed by atoms with Gasteiger partial charge in [0, 0.05) is 12.6 Å². The molecular formula is C27H36FN2O10P. The molecule has 0 radical (unpaired) electrons. The zero-order valence-electron chi connectivity index (χ0n) is 23.5. The molecule has 7 atom stereocenters. The van der Waals surface area contributed by atoms with Gasteiger partial charge in [-0.3, -0.25) is 28.6 Å². The van der Waals surface area contributed by atoms with Crippen molar-refractivity contribution in [3.63, 3.8) is 0 Å². The number of allylic oxidation sites excluding steroid dienone is 1. The fourth-order valence-electron chi connectivity index (χ4n) is 4.21. The molecule has 2 N–H and O–H groups in total. The minimum Gasteiger partial charge on any atom is -0.463 e. The molecule has 1 fully saturated rings. The maximum atomic E-state index is 15.6. The average molecular weight is 599 g/mol. The zero-order chi connectivity index (χ0) is 30.5. The van der Waals surface area contributed by atoms with E-state index in [1.54, 1.807) is 32.0 Å². The molecular weight excluding hydrogens is 562 g/mol. The quantitative estimate of drug-likeness (QED) is 0.195. The normalized spacial score (nSPS) is 27.4. The van der Waals surface area contributed by atoms with E-state index in [2.05, 4.69) is 5.09 Å². The summed E-state index contributed by atoms with van der Waals surface area (Å²) in [7, 11) is -4.37. The minimum absolute atomic E-state index is 0.131. The molecule has 0 spiro atoms. The van der Waals surface area contributed by atoms with Crippen LogP contribution in [0.2, 0.25) is 0 Å². The number of amides is 1. The van der Waals surface area contributed by atoms with Crippen LogP contribution in [0.25, 0.3) is 0 Å². The van der Waals surface area contributed by atoms with Crippen molar-refractivity contribution >= 4 is 31.2 Å². The first-order valence-corrected chi connectivity index (χ1v) is 14.7. The molecule has 1 unspecified atom stereocenters. The summed E-state index contributed by atoms with van der Waals surface area (Å²) in [5.41, 5.74) is -2.48. The number of Topliss-reactive ketones (excluding diaryl/α,β-unsaturated/α-hetero) is 1.